The van der Waals surface area contributed by atoms with Crippen LogP contribution in [0, 0.1) is 6.92 Å². The molecular weight excluding hydrogens is 581 g/mol. The summed E-state index contributed by atoms with van der Waals surface area (Å²) in [6.07, 6.45) is 19.3. The smallest absolute Gasteiger partial charge is 0.339 e. The van der Waals surface area contributed by atoms with Gasteiger partial charge in [-0.2, -0.15) is 8.42 Å². The first-order chi connectivity index (χ1) is 20.6. The molecule has 236 valence electrons. The van der Waals surface area contributed by atoms with E-state index >= 15 is 0 Å². The summed E-state index contributed by atoms with van der Waals surface area (Å²) in [5.41, 5.74) is 4.61. The maximum atomic E-state index is 14.7. The second-order valence-corrected chi connectivity index (χ2v) is 16.5. The van der Waals surface area contributed by atoms with E-state index in [9.17, 15) is 21.4 Å². The Morgan fingerprint density at radius 1 is 0.628 bits per heavy atom. The summed E-state index contributed by atoms with van der Waals surface area (Å²) in [4.78, 5) is 0.155. The molecule has 0 atom stereocenters. The Bertz CT molecular complexity index is 1500. The van der Waals surface area contributed by atoms with E-state index in [1.54, 1.807) is 6.92 Å². The van der Waals surface area contributed by atoms with Crippen LogP contribution in [0.4, 0.5) is 0 Å². The molecule has 0 bridgehead atoms. The van der Waals surface area contributed by atoms with Gasteiger partial charge in [-0.25, -0.2) is 8.42 Å². The van der Waals surface area contributed by atoms with Gasteiger partial charge in [0.05, 0.1) is 4.90 Å². The molecule has 0 aromatic heterocycles. The van der Waals surface area contributed by atoms with Crippen LogP contribution in [0.25, 0.3) is 0 Å². The number of hydrogen-bond acceptors (Lipinski definition) is 6. The van der Waals surface area contributed by atoms with E-state index in [0.29, 0.717) is 40.3 Å². The highest BCUT2D eigenvalue weighted by Crippen LogP contribution is 2.47. The third-order valence-corrected chi connectivity index (χ3v) is 13.1. The van der Waals surface area contributed by atoms with Gasteiger partial charge >= 0.3 is 10.1 Å². The lowest BCUT2D eigenvalue weighted by molar-refractivity contribution is 0.413. The van der Waals surface area contributed by atoms with Gasteiger partial charge in [0.25, 0.3) is 0 Å². The van der Waals surface area contributed by atoms with E-state index in [0.717, 1.165) is 88.2 Å². The van der Waals surface area contributed by atoms with Crippen LogP contribution in [0.5, 0.6) is 5.75 Å². The molecule has 3 saturated carbocycles. The normalized spacial score (nSPS) is 21.4. The Balaban J connectivity index is 1.52. The average molecular weight is 628 g/mol. The van der Waals surface area contributed by atoms with Crippen LogP contribution < -0.4 is 4.18 Å². The average Bonchev–Trinajstić information content (AvgIpc) is 3.02. The Labute approximate surface area is 258 Å². The first-order valence-corrected chi connectivity index (χ1v) is 19.7. The molecule has 0 amide bonds. The van der Waals surface area contributed by atoms with Gasteiger partial charge < -0.3 is 8.74 Å². The van der Waals surface area contributed by atoms with Crippen molar-refractivity contribution in [1.82, 2.24) is 0 Å². The van der Waals surface area contributed by atoms with Crippen molar-refractivity contribution in [1.29, 1.82) is 0 Å². The highest BCUT2D eigenvalue weighted by atomic mass is 32.2. The van der Waals surface area contributed by atoms with Crippen molar-refractivity contribution in [2.75, 3.05) is 0 Å². The maximum absolute atomic E-state index is 14.7. The summed E-state index contributed by atoms with van der Waals surface area (Å²) in [6, 6.07) is 5.81. The zero-order chi connectivity index (χ0) is 30.2. The number of rotatable bonds is 7. The minimum atomic E-state index is -4.69. The van der Waals surface area contributed by atoms with Crippen molar-refractivity contribution < 1.29 is 25.6 Å². The number of benzene rings is 2. The highest BCUT2D eigenvalue weighted by molar-refractivity contribution is 7.87. The van der Waals surface area contributed by atoms with Gasteiger partial charge in [-0.05, 0) is 123 Å². The second-order valence-electron chi connectivity index (χ2n) is 13.7. The molecule has 0 unspecified atom stereocenters. The van der Waals surface area contributed by atoms with Crippen LogP contribution in [-0.2, 0) is 33.1 Å². The van der Waals surface area contributed by atoms with Crippen molar-refractivity contribution in [2.24, 2.45) is 0 Å². The Kier molecular flexibility index (Phi) is 9.29. The standard InChI is InChI=1S/C35H48O6S2/c1-24-21-33(42(36,37)38)29-19-11-12-20-30(29)34(24)41-43(39,40)35-31(26-15-7-3-8-16-26)22-28(25-13-5-2-6-14-25)23-32(35)27-17-9-4-10-18-27/h21-23,25-27H,2-20H2,1H3,(H,36,37,38)/p-1. The zero-order valence-corrected chi connectivity index (χ0v) is 27.3. The minimum Gasteiger partial charge on any atom is -0.744 e. The molecule has 4 aliphatic rings. The van der Waals surface area contributed by atoms with E-state index in [1.807, 2.05) is 0 Å². The van der Waals surface area contributed by atoms with Gasteiger partial charge in [-0.1, -0.05) is 69.9 Å². The fourth-order valence-corrected chi connectivity index (χ4v) is 11.0. The van der Waals surface area contributed by atoms with E-state index in [1.165, 1.54) is 43.7 Å². The Hall–Kier alpha value is -1.90. The predicted molar refractivity (Wildman–Crippen MR) is 168 cm³/mol. The molecule has 4 aliphatic carbocycles. The van der Waals surface area contributed by atoms with Crippen LogP contribution in [0.15, 0.2) is 28.0 Å². The fraction of sp³-hybridized carbons (Fsp3) is 0.657. The lowest BCUT2D eigenvalue weighted by Gasteiger charge is -2.32. The molecule has 0 aliphatic heterocycles. The summed E-state index contributed by atoms with van der Waals surface area (Å²) < 4.78 is 72.2. The Morgan fingerprint density at radius 2 is 1.09 bits per heavy atom. The molecule has 2 aromatic carbocycles. The van der Waals surface area contributed by atoms with Gasteiger partial charge in [0, 0.05) is 5.56 Å². The van der Waals surface area contributed by atoms with Crippen molar-refractivity contribution in [3.63, 3.8) is 0 Å². The maximum Gasteiger partial charge on any atom is 0.339 e. The number of fused-ring (bicyclic) bond motifs is 1. The molecule has 43 heavy (non-hydrogen) atoms. The van der Waals surface area contributed by atoms with Crippen LogP contribution in [0.3, 0.4) is 0 Å². The van der Waals surface area contributed by atoms with Gasteiger partial charge in [0.2, 0.25) is 0 Å². The summed E-state index contributed by atoms with van der Waals surface area (Å²) >= 11 is 0. The summed E-state index contributed by atoms with van der Waals surface area (Å²) in [5, 5.41) is 0. The lowest BCUT2D eigenvalue weighted by atomic mass is 9.76. The van der Waals surface area contributed by atoms with Gasteiger partial charge in [0.15, 0.2) is 0 Å². The summed E-state index contributed by atoms with van der Waals surface area (Å²) in [6.45, 7) is 1.66. The topological polar surface area (TPSA) is 101 Å². The second kappa shape index (κ2) is 12.8. The quantitative estimate of drug-likeness (QED) is 0.225. The highest BCUT2D eigenvalue weighted by Gasteiger charge is 2.36. The first-order valence-electron chi connectivity index (χ1n) is 16.9. The Morgan fingerprint density at radius 3 is 1.58 bits per heavy atom. The fourth-order valence-electron chi connectivity index (χ4n) is 8.60. The van der Waals surface area contributed by atoms with Crippen LogP contribution in [-0.4, -0.2) is 21.4 Å². The molecule has 2 aromatic rings. The predicted octanol–water partition coefficient (Wildman–Crippen LogP) is 8.69. The van der Waals surface area contributed by atoms with Gasteiger partial charge in [0.1, 0.15) is 20.8 Å². The molecule has 3 fully saturated rings. The van der Waals surface area contributed by atoms with Gasteiger partial charge in [-0.3, -0.25) is 0 Å². The molecule has 0 N–H and O–H groups in total. The van der Waals surface area contributed by atoms with Crippen molar-refractivity contribution >= 4 is 20.2 Å². The van der Waals surface area contributed by atoms with E-state index in [2.05, 4.69) is 12.1 Å². The van der Waals surface area contributed by atoms with Crippen molar-refractivity contribution in [3.05, 3.63) is 51.6 Å². The molecule has 6 nitrogen and oxygen atoms in total. The lowest BCUT2D eigenvalue weighted by Crippen LogP contribution is -2.22. The summed E-state index contributed by atoms with van der Waals surface area (Å²) in [7, 11) is -8.95. The van der Waals surface area contributed by atoms with E-state index < -0.39 is 20.2 Å². The molecular formula is C35H47O6S2-. The van der Waals surface area contributed by atoms with E-state index in [-0.39, 0.29) is 22.5 Å². The molecule has 0 saturated heterocycles. The monoisotopic (exact) mass is 627 g/mol. The van der Waals surface area contributed by atoms with Crippen LogP contribution in [0.2, 0.25) is 0 Å². The SMILES string of the molecule is Cc1cc(S(=O)(=O)[O-])c2c(c1OS(=O)(=O)c1c(C3CCCCC3)cc(C3CCCCC3)cc1C1CCCCC1)CCCC2. The summed E-state index contributed by atoms with van der Waals surface area (Å²) in [5.74, 6) is 1.08. The van der Waals surface area contributed by atoms with Crippen LogP contribution in [0.1, 0.15) is 160 Å². The molecule has 8 heteroatoms. The molecule has 6 rings (SSSR count). The third kappa shape index (κ3) is 6.57. The number of aryl methyl sites for hydroxylation is 1. The largest absolute Gasteiger partial charge is 0.744 e. The molecule has 0 heterocycles. The van der Waals surface area contributed by atoms with Crippen LogP contribution >= 0.6 is 0 Å². The number of hydrogen-bond donors (Lipinski definition) is 0. The van der Waals surface area contributed by atoms with Crippen molar-refractivity contribution in [3.8, 4) is 5.75 Å². The van der Waals surface area contributed by atoms with Crippen molar-refractivity contribution in [2.45, 2.75) is 156 Å². The first kappa shape index (κ1) is 31.1. The minimum absolute atomic E-state index is 0.191. The third-order valence-electron chi connectivity index (χ3n) is 10.8. The zero-order valence-electron chi connectivity index (χ0n) is 25.7. The molecule has 0 spiro atoms. The van der Waals surface area contributed by atoms with Gasteiger partial charge in [-0.15, -0.1) is 0 Å². The van der Waals surface area contributed by atoms with E-state index in [4.69, 9.17) is 4.18 Å². The molecule has 0 radical (unpaired) electrons.